The number of ether oxygens (including phenoxy) is 1. The van der Waals surface area contributed by atoms with Crippen molar-refractivity contribution in [1.82, 2.24) is 26.0 Å². The molecule has 0 unspecified atom stereocenters. The maximum Gasteiger partial charge on any atom is 0.257 e. The van der Waals surface area contributed by atoms with E-state index in [4.69, 9.17) is 15.0 Å². The van der Waals surface area contributed by atoms with Gasteiger partial charge in [0.1, 0.15) is 17.4 Å². The van der Waals surface area contributed by atoms with E-state index in [1.54, 1.807) is 14.0 Å². The quantitative estimate of drug-likeness (QED) is 0.448. The summed E-state index contributed by atoms with van der Waals surface area (Å²) in [5.41, 5.74) is 6.26. The minimum Gasteiger partial charge on any atom is -0.497 e. The highest BCUT2D eigenvalue weighted by Crippen LogP contribution is 2.29. The maximum atomic E-state index is 13.4. The highest BCUT2D eigenvalue weighted by Gasteiger charge is 2.40. The molecule has 0 saturated carbocycles. The predicted molar refractivity (Wildman–Crippen MR) is 131 cm³/mol. The number of hydrogen-bond acceptors (Lipinski definition) is 8. The van der Waals surface area contributed by atoms with Gasteiger partial charge >= 0.3 is 0 Å². The summed E-state index contributed by atoms with van der Waals surface area (Å²) in [7, 11) is 1.63. The highest BCUT2D eigenvalue weighted by molar-refractivity contribution is 5.97. The number of nitrogens with two attached hydrogens (primary N) is 1. The van der Waals surface area contributed by atoms with Crippen molar-refractivity contribution in [2.75, 3.05) is 20.2 Å². The van der Waals surface area contributed by atoms with Gasteiger partial charge in [-0.2, -0.15) is 0 Å². The van der Waals surface area contributed by atoms with Crippen LogP contribution in [-0.2, 0) is 27.5 Å². The van der Waals surface area contributed by atoms with Crippen LogP contribution in [-0.4, -0.2) is 65.5 Å². The molecule has 4 rings (SSSR count). The first-order valence-electron chi connectivity index (χ1n) is 12.2. The summed E-state index contributed by atoms with van der Waals surface area (Å²) in [5.74, 6) is -1.27. The molecule has 1 aromatic heterocycles. The van der Waals surface area contributed by atoms with Gasteiger partial charge in [0.15, 0.2) is 5.76 Å². The van der Waals surface area contributed by atoms with Crippen LogP contribution >= 0.6 is 0 Å². The second-order valence-corrected chi connectivity index (χ2v) is 9.61. The third kappa shape index (κ3) is 6.26. The molecule has 198 valence electrons. The molecule has 1 spiro atoms. The molecule has 2 aliphatic heterocycles. The summed E-state index contributed by atoms with van der Waals surface area (Å²) in [6.07, 6.45) is 0.589. The van der Waals surface area contributed by atoms with Crippen LogP contribution in [0.25, 0.3) is 0 Å². The van der Waals surface area contributed by atoms with E-state index in [-0.39, 0.29) is 30.7 Å². The minimum absolute atomic E-state index is 0.0726. The zero-order chi connectivity index (χ0) is 26.6. The Hall–Kier alpha value is -3.93. The predicted octanol–water partition coefficient (Wildman–Crippen LogP) is 0.136. The monoisotopic (exact) mass is 512 g/mol. The van der Waals surface area contributed by atoms with Crippen molar-refractivity contribution in [3.63, 3.8) is 0 Å². The van der Waals surface area contributed by atoms with Crippen LogP contribution in [0.2, 0.25) is 0 Å². The number of aromatic nitrogens is 1. The Morgan fingerprint density at radius 3 is 2.70 bits per heavy atom. The summed E-state index contributed by atoms with van der Waals surface area (Å²) < 4.78 is 10.6. The van der Waals surface area contributed by atoms with Crippen molar-refractivity contribution < 1.29 is 28.4 Å². The normalized spacial score (nSPS) is 20.9. The largest absolute Gasteiger partial charge is 0.497 e. The van der Waals surface area contributed by atoms with Gasteiger partial charge < -0.3 is 30.9 Å². The Bertz CT molecular complexity index is 1190. The van der Waals surface area contributed by atoms with Crippen LogP contribution in [0, 0.1) is 6.92 Å². The van der Waals surface area contributed by atoms with E-state index in [1.807, 2.05) is 24.3 Å². The number of nitrogens with one attached hydrogen (secondary N) is 3. The number of methoxy groups -OCH3 is 1. The fourth-order valence-corrected chi connectivity index (χ4v) is 4.86. The second kappa shape index (κ2) is 11.0. The van der Waals surface area contributed by atoms with Gasteiger partial charge in [-0.1, -0.05) is 17.3 Å². The summed E-state index contributed by atoms with van der Waals surface area (Å²) in [6.45, 7) is 3.49. The number of benzene rings is 1. The number of carbonyl (C=O) groups is 4. The fraction of sp³-hybridized carbons (Fsp3) is 0.480. The van der Waals surface area contributed by atoms with Gasteiger partial charge in [0, 0.05) is 26.1 Å². The molecule has 2 aliphatic rings. The van der Waals surface area contributed by atoms with E-state index < -0.39 is 35.2 Å². The molecule has 2 aromatic rings. The van der Waals surface area contributed by atoms with Gasteiger partial charge in [0.25, 0.3) is 5.91 Å². The average molecular weight is 513 g/mol. The molecule has 37 heavy (non-hydrogen) atoms. The number of amides is 4. The highest BCUT2D eigenvalue weighted by atomic mass is 16.5. The summed E-state index contributed by atoms with van der Waals surface area (Å²) in [4.78, 5) is 53.0. The first-order chi connectivity index (χ1) is 17.7. The van der Waals surface area contributed by atoms with E-state index in [9.17, 15) is 19.2 Å². The maximum absolute atomic E-state index is 13.4. The van der Waals surface area contributed by atoms with E-state index in [1.165, 1.54) is 0 Å². The van der Waals surface area contributed by atoms with Crippen molar-refractivity contribution in [1.29, 1.82) is 0 Å². The van der Waals surface area contributed by atoms with Gasteiger partial charge in [-0.25, -0.2) is 0 Å². The molecule has 12 heteroatoms. The van der Waals surface area contributed by atoms with Crippen LogP contribution in [0.1, 0.15) is 53.1 Å². The zero-order valence-electron chi connectivity index (χ0n) is 21.0. The van der Waals surface area contributed by atoms with E-state index >= 15 is 0 Å². The smallest absolute Gasteiger partial charge is 0.257 e. The lowest BCUT2D eigenvalue weighted by atomic mass is 9.83. The molecule has 3 heterocycles. The summed E-state index contributed by atoms with van der Waals surface area (Å²) >= 11 is 0. The first kappa shape index (κ1) is 26.1. The number of nitrogens with zero attached hydrogens (tertiary/aromatic N) is 2. The lowest BCUT2D eigenvalue weighted by molar-refractivity contribution is -0.131. The van der Waals surface area contributed by atoms with E-state index in [0.717, 1.165) is 11.3 Å². The molecule has 5 N–H and O–H groups in total. The van der Waals surface area contributed by atoms with Gasteiger partial charge in [0.2, 0.25) is 17.7 Å². The first-order valence-corrected chi connectivity index (χ1v) is 12.2. The SMILES string of the molecule is COc1cccc(CN2CCC3(CC2)CC(=O)N[C@H](C(N)=O)CC(=O)NCc2onc(C)c2C(=O)N3)c1. The number of aryl methyl sites for hydroxylation is 1. The number of carbonyl (C=O) groups excluding carboxylic acids is 4. The van der Waals surface area contributed by atoms with Crippen LogP contribution in [0.15, 0.2) is 28.8 Å². The number of likely N-dealkylation sites (tertiary alicyclic amines) is 1. The topological polar surface area (TPSA) is 169 Å². The Labute approximate surface area is 214 Å². The van der Waals surface area contributed by atoms with Gasteiger partial charge in [-0.05, 0) is 37.5 Å². The molecule has 1 aromatic carbocycles. The van der Waals surface area contributed by atoms with Crippen LogP contribution < -0.4 is 26.4 Å². The summed E-state index contributed by atoms with van der Waals surface area (Å²) in [6, 6.07) is 6.65. The fourth-order valence-electron chi connectivity index (χ4n) is 4.86. The van der Waals surface area contributed by atoms with Gasteiger partial charge in [-0.3, -0.25) is 24.1 Å². The van der Waals surface area contributed by atoms with Gasteiger partial charge in [-0.15, -0.1) is 0 Å². The van der Waals surface area contributed by atoms with Crippen molar-refractivity contribution >= 4 is 23.6 Å². The van der Waals surface area contributed by atoms with Crippen molar-refractivity contribution in [3.8, 4) is 5.75 Å². The van der Waals surface area contributed by atoms with Crippen molar-refractivity contribution in [3.05, 3.63) is 46.8 Å². The Kier molecular flexibility index (Phi) is 7.77. The Morgan fingerprint density at radius 1 is 1.24 bits per heavy atom. The minimum atomic E-state index is -1.18. The molecular formula is C25H32N6O6. The molecule has 0 aliphatic carbocycles. The van der Waals surface area contributed by atoms with E-state index in [0.29, 0.717) is 38.2 Å². The number of fused-ring (bicyclic) bond motifs is 1. The molecule has 0 bridgehead atoms. The number of rotatable bonds is 4. The second-order valence-electron chi connectivity index (χ2n) is 9.61. The van der Waals surface area contributed by atoms with Crippen molar-refractivity contribution in [2.24, 2.45) is 5.73 Å². The molecular weight excluding hydrogens is 480 g/mol. The molecule has 1 atom stereocenters. The van der Waals surface area contributed by atoms with E-state index in [2.05, 4.69) is 26.0 Å². The Balaban J connectivity index is 1.57. The van der Waals surface area contributed by atoms with Crippen LogP contribution in [0.4, 0.5) is 0 Å². The molecule has 1 saturated heterocycles. The average Bonchev–Trinajstić information content (AvgIpc) is 3.24. The van der Waals surface area contributed by atoms with Crippen LogP contribution in [0.5, 0.6) is 5.75 Å². The summed E-state index contributed by atoms with van der Waals surface area (Å²) in [5, 5.41) is 12.1. The molecule has 12 nitrogen and oxygen atoms in total. The molecule has 4 amide bonds. The van der Waals surface area contributed by atoms with Gasteiger partial charge in [0.05, 0.1) is 31.3 Å². The lowest BCUT2D eigenvalue weighted by Gasteiger charge is -2.42. The third-order valence-electron chi connectivity index (χ3n) is 6.91. The third-order valence-corrected chi connectivity index (χ3v) is 6.91. The molecule has 1 fully saturated rings. The molecule has 0 radical (unpaired) electrons. The number of primary amides is 1. The number of piperidine rings is 1. The number of hydrogen-bond donors (Lipinski definition) is 4. The lowest BCUT2D eigenvalue weighted by Crippen LogP contribution is -2.58. The standard InChI is InChI=1S/C25H32N6O6/c1-15-22-19(37-30-15)13-27-20(32)11-18(23(26)34)28-21(33)12-25(29-24(22)35)6-8-31(9-7-25)14-16-4-3-5-17(10-16)36-2/h3-5,10,18H,6-9,11-14H2,1-2H3,(H2,26,34)(H,27,32)(H,28,33)(H,29,35)/t18-/m0/s1. The Morgan fingerprint density at radius 2 is 2.00 bits per heavy atom. The van der Waals surface area contributed by atoms with Crippen LogP contribution in [0.3, 0.4) is 0 Å². The zero-order valence-corrected chi connectivity index (χ0v) is 21.0. The van der Waals surface area contributed by atoms with Crippen molar-refractivity contribution in [2.45, 2.75) is 57.3 Å².